The van der Waals surface area contributed by atoms with Crippen LogP contribution in [0.4, 0.5) is 5.82 Å². The Morgan fingerprint density at radius 1 is 1.50 bits per heavy atom. The number of nitrogens with zero attached hydrogens (tertiary/aromatic N) is 2. The average Bonchev–Trinajstić information content (AvgIpc) is 2.54. The normalized spacial score (nSPS) is 16.9. The first-order valence-corrected chi connectivity index (χ1v) is 5.13. The molecular weight excluding hydrogens is 192 g/mol. The van der Waals surface area contributed by atoms with Gasteiger partial charge in [0.05, 0.1) is 0 Å². The average molecular weight is 201 g/mol. The Labute approximate surface area is 80.5 Å². The first kappa shape index (κ1) is 8.08. The maximum atomic E-state index is 5.74. The highest BCUT2D eigenvalue weighted by molar-refractivity contribution is 7.14. The Hall–Kier alpha value is -0.540. The van der Waals surface area contributed by atoms with Gasteiger partial charge in [-0.3, -0.25) is 0 Å². The number of rotatable bonds is 1. The Kier molecular flexibility index (Phi) is 2.33. The third-order valence-corrected chi connectivity index (χ3v) is 2.81. The summed E-state index contributed by atoms with van der Waals surface area (Å²) < 4.78 is 0.625. The van der Waals surface area contributed by atoms with Crippen LogP contribution in [-0.4, -0.2) is 18.1 Å². The molecule has 12 heavy (non-hydrogen) atoms. The minimum absolute atomic E-state index is 0.625. The van der Waals surface area contributed by atoms with Crippen LogP contribution in [0.2, 0.25) is 4.47 Å². The summed E-state index contributed by atoms with van der Waals surface area (Å²) in [7, 11) is 0. The monoisotopic (exact) mass is 200 g/mol. The number of aromatic nitrogens is 1. The topological polar surface area (TPSA) is 16.1 Å². The number of hydrogen-bond donors (Lipinski definition) is 0. The van der Waals surface area contributed by atoms with Gasteiger partial charge in [0, 0.05) is 18.5 Å². The highest BCUT2D eigenvalue weighted by Gasteiger charge is 2.09. The lowest BCUT2D eigenvalue weighted by Crippen LogP contribution is -2.26. The van der Waals surface area contributed by atoms with Crippen molar-refractivity contribution in [1.29, 1.82) is 0 Å². The van der Waals surface area contributed by atoms with Crippen molar-refractivity contribution in [2.45, 2.75) is 6.42 Å². The second kappa shape index (κ2) is 3.46. The van der Waals surface area contributed by atoms with Crippen molar-refractivity contribution in [3.05, 3.63) is 22.0 Å². The van der Waals surface area contributed by atoms with Crippen LogP contribution in [0.15, 0.2) is 17.5 Å². The Morgan fingerprint density at radius 2 is 2.42 bits per heavy atom. The number of thiazole rings is 1. The molecule has 2 heterocycles. The molecule has 1 aliphatic rings. The zero-order valence-corrected chi connectivity index (χ0v) is 8.11. The molecule has 0 amide bonds. The van der Waals surface area contributed by atoms with Crippen LogP contribution >= 0.6 is 22.9 Å². The van der Waals surface area contributed by atoms with Crippen molar-refractivity contribution in [3.8, 4) is 0 Å². The van der Waals surface area contributed by atoms with Crippen LogP contribution in [0, 0.1) is 0 Å². The van der Waals surface area contributed by atoms with Crippen molar-refractivity contribution in [3.63, 3.8) is 0 Å². The SMILES string of the molecule is Clc1nc(N2CC=CCC2)cs1. The standard InChI is InChI=1S/C8H9ClN2S/c9-8-10-7(6-12-8)11-4-2-1-3-5-11/h1-2,6H,3-5H2. The maximum Gasteiger partial charge on any atom is 0.185 e. The van der Waals surface area contributed by atoms with Crippen LogP contribution < -0.4 is 4.90 Å². The van der Waals surface area contributed by atoms with E-state index in [0.29, 0.717) is 4.47 Å². The van der Waals surface area contributed by atoms with Crippen molar-refractivity contribution < 1.29 is 0 Å². The maximum absolute atomic E-state index is 5.74. The quantitative estimate of drug-likeness (QED) is 0.648. The molecule has 1 aromatic rings. The van der Waals surface area contributed by atoms with Crippen LogP contribution in [0.5, 0.6) is 0 Å². The van der Waals surface area contributed by atoms with E-state index >= 15 is 0 Å². The van der Waals surface area contributed by atoms with Gasteiger partial charge in [-0.25, -0.2) is 4.98 Å². The summed E-state index contributed by atoms with van der Waals surface area (Å²) >= 11 is 7.23. The molecule has 2 nitrogen and oxygen atoms in total. The molecule has 0 aliphatic carbocycles. The van der Waals surface area contributed by atoms with Gasteiger partial charge < -0.3 is 4.90 Å². The van der Waals surface area contributed by atoms with Crippen LogP contribution in [0.25, 0.3) is 0 Å². The molecule has 4 heteroatoms. The van der Waals surface area contributed by atoms with E-state index in [2.05, 4.69) is 22.0 Å². The molecule has 0 bridgehead atoms. The summed E-state index contributed by atoms with van der Waals surface area (Å²) in [5.74, 6) is 1.01. The van der Waals surface area contributed by atoms with Crippen LogP contribution in [-0.2, 0) is 0 Å². The smallest absolute Gasteiger partial charge is 0.185 e. The number of halogens is 1. The largest absolute Gasteiger partial charge is 0.352 e. The summed E-state index contributed by atoms with van der Waals surface area (Å²) in [5.41, 5.74) is 0. The molecule has 1 aromatic heterocycles. The second-order valence-corrected chi connectivity index (χ2v) is 4.10. The van der Waals surface area contributed by atoms with Gasteiger partial charge in [0.25, 0.3) is 0 Å². The first-order chi connectivity index (χ1) is 5.86. The van der Waals surface area contributed by atoms with Gasteiger partial charge in [-0.15, -0.1) is 11.3 Å². The van der Waals surface area contributed by atoms with E-state index in [1.165, 1.54) is 11.3 Å². The highest BCUT2D eigenvalue weighted by atomic mass is 35.5. The van der Waals surface area contributed by atoms with E-state index < -0.39 is 0 Å². The third kappa shape index (κ3) is 1.62. The number of hydrogen-bond acceptors (Lipinski definition) is 3. The van der Waals surface area contributed by atoms with Crippen molar-refractivity contribution >= 4 is 28.8 Å². The van der Waals surface area contributed by atoms with Gasteiger partial charge in [-0.1, -0.05) is 23.8 Å². The third-order valence-electron chi connectivity index (χ3n) is 1.85. The van der Waals surface area contributed by atoms with Gasteiger partial charge in [0.15, 0.2) is 4.47 Å². The molecule has 0 fully saturated rings. The van der Waals surface area contributed by atoms with E-state index in [0.717, 1.165) is 25.3 Å². The van der Waals surface area contributed by atoms with Gasteiger partial charge in [-0.2, -0.15) is 0 Å². The lowest BCUT2D eigenvalue weighted by atomic mass is 10.2. The Morgan fingerprint density at radius 3 is 3.00 bits per heavy atom. The van der Waals surface area contributed by atoms with E-state index in [1.54, 1.807) is 0 Å². The van der Waals surface area contributed by atoms with Crippen molar-refractivity contribution in [2.24, 2.45) is 0 Å². The molecule has 1 aliphatic heterocycles. The summed E-state index contributed by atoms with van der Waals surface area (Å²) in [6, 6.07) is 0. The fraction of sp³-hybridized carbons (Fsp3) is 0.375. The molecule has 0 spiro atoms. The summed E-state index contributed by atoms with van der Waals surface area (Å²) in [5, 5.41) is 2.00. The van der Waals surface area contributed by atoms with Crippen molar-refractivity contribution in [1.82, 2.24) is 4.98 Å². The Bertz CT molecular complexity index is 295. The zero-order chi connectivity index (χ0) is 8.39. The predicted octanol–water partition coefficient (Wildman–Crippen LogP) is 2.56. The fourth-order valence-electron chi connectivity index (χ4n) is 1.24. The molecule has 0 atom stereocenters. The van der Waals surface area contributed by atoms with Gasteiger partial charge in [0.1, 0.15) is 5.82 Å². The second-order valence-electron chi connectivity index (χ2n) is 2.66. The lowest BCUT2D eigenvalue weighted by Gasteiger charge is -2.22. The van der Waals surface area contributed by atoms with E-state index in [9.17, 15) is 0 Å². The summed E-state index contributed by atoms with van der Waals surface area (Å²) in [6.45, 7) is 2.01. The van der Waals surface area contributed by atoms with Gasteiger partial charge in [-0.05, 0) is 6.42 Å². The minimum atomic E-state index is 0.625. The molecule has 0 N–H and O–H groups in total. The molecule has 0 saturated carbocycles. The summed E-state index contributed by atoms with van der Waals surface area (Å²) in [6.07, 6.45) is 5.47. The molecular formula is C8H9ClN2S. The fourth-order valence-corrected chi connectivity index (χ4v) is 2.01. The lowest BCUT2D eigenvalue weighted by molar-refractivity contribution is 0.809. The molecule has 2 rings (SSSR count). The molecule has 0 unspecified atom stereocenters. The van der Waals surface area contributed by atoms with E-state index in [-0.39, 0.29) is 0 Å². The molecule has 0 radical (unpaired) electrons. The number of anilines is 1. The van der Waals surface area contributed by atoms with Gasteiger partial charge >= 0.3 is 0 Å². The van der Waals surface area contributed by atoms with Crippen molar-refractivity contribution in [2.75, 3.05) is 18.0 Å². The van der Waals surface area contributed by atoms with Crippen LogP contribution in [0.1, 0.15) is 6.42 Å². The highest BCUT2D eigenvalue weighted by Crippen LogP contribution is 2.23. The van der Waals surface area contributed by atoms with E-state index in [1.807, 2.05) is 5.38 Å². The Balaban J connectivity index is 2.14. The minimum Gasteiger partial charge on any atom is -0.352 e. The predicted molar refractivity (Wildman–Crippen MR) is 53.1 cm³/mol. The molecule has 0 aromatic carbocycles. The van der Waals surface area contributed by atoms with E-state index in [4.69, 9.17) is 11.6 Å². The molecule has 64 valence electrons. The molecule has 0 saturated heterocycles. The van der Waals surface area contributed by atoms with Crippen LogP contribution in [0.3, 0.4) is 0 Å². The van der Waals surface area contributed by atoms with Gasteiger partial charge in [0.2, 0.25) is 0 Å². The zero-order valence-electron chi connectivity index (χ0n) is 6.53. The summed E-state index contributed by atoms with van der Waals surface area (Å²) in [4.78, 5) is 6.43. The first-order valence-electron chi connectivity index (χ1n) is 3.87.